The average Bonchev–Trinajstić information content (AvgIpc) is 2.88. The number of carbonyl (C=O) groups excluding carboxylic acids is 1. The smallest absolute Gasteiger partial charge is 0.274 e. The van der Waals surface area contributed by atoms with E-state index in [9.17, 15) is 9.59 Å². The van der Waals surface area contributed by atoms with Gasteiger partial charge in [0.15, 0.2) is 0 Å². The molecule has 7 nitrogen and oxygen atoms in total. The van der Waals surface area contributed by atoms with Crippen LogP contribution >= 0.6 is 0 Å². The molecule has 1 aliphatic rings. The molecule has 0 atom stereocenters. The van der Waals surface area contributed by atoms with Gasteiger partial charge in [-0.25, -0.2) is 4.68 Å². The van der Waals surface area contributed by atoms with Crippen LogP contribution < -0.4 is 5.56 Å². The summed E-state index contributed by atoms with van der Waals surface area (Å²) in [4.78, 5) is 25.2. The highest BCUT2D eigenvalue weighted by Gasteiger charge is 2.25. The van der Waals surface area contributed by atoms with Gasteiger partial charge >= 0.3 is 0 Å². The summed E-state index contributed by atoms with van der Waals surface area (Å²) in [5, 5.41) is 7.69. The molecule has 0 aliphatic carbocycles. The maximum Gasteiger partial charge on any atom is 0.274 e. The molecular formula is C12H12N4O3. The van der Waals surface area contributed by atoms with Crippen LogP contribution in [0.25, 0.3) is 0 Å². The number of hydrogen-bond acceptors (Lipinski definition) is 5. The fourth-order valence-electron chi connectivity index (χ4n) is 2.09. The van der Waals surface area contributed by atoms with E-state index in [2.05, 4.69) is 10.3 Å². The molecule has 0 saturated heterocycles. The van der Waals surface area contributed by atoms with Crippen molar-refractivity contribution in [3.05, 3.63) is 45.7 Å². The average molecular weight is 260 g/mol. The van der Waals surface area contributed by atoms with Crippen LogP contribution in [-0.2, 0) is 20.0 Å². The molecule has 1 amide bonds. The van der Waals surface area contributed by atoms with Crippen LogP contribution in [-0.4, -0.2) is 32.3 Å². The number of carbonyl (C=O) groups is 1. The Labute approximate surface area is 108 Å². The van der Waals surface area contributed by atoms with Crippen molar-refractivity contribution >= 4 is 5.91 Å². The first-order chi connectivity index (χ1) is 9.15. The summed E-state index contributed by atoms with van der Waals surface area (Å²) >= 11 is 0. The van der Waals surface area contributed by atoms with E-state index in [4.69, 9.17) is 4.52 Å². The van der Waals surface area contributed by atoms with Gasteiger partial charge in [-0.05, 0) is 6.07 Å². The number of fused-ring (bicyclic) bond motifs is 1. The Balaban J connectivity index is 1.85. The third-order valence-electron chi connectivity index (χ3n) is 3.17. The second-order valence-electron chi connectivity index (χ2n) is 4.43. The molecule has 0 spiro atoms. The second kappa shape index (κ2) is 4.34. The molecular weight excluding hydrogens is 248 g/mol. The van der Waals surface area contributed by atoms with E-state index in [0.29, 0.717) is 19.5 Å². The predicted octanol–water partition coefficient (Wildman–Crippen LogP) is -0.0332. The predicted molar refractivity (Wildman–Crippen MR) is 64.4 cm³/mol. The Morgan fingerprint density at radius 1 is 1.42 bits per heavy atom. The molecule has 2 aromatic rings. The monoisotopic (exact) mass is 260 g/mol. The normalized spacial score (nSPS) is 14.3. The molecule has 0 fully saturated rings. The lowest BCUT2D eigenvalue weighted by Crippen LogP contribution is -2.37. The minimum atomic E-state index is -0.239. The van der Waals surface area contributed by atoms with Crippen molar-refractivity contribution in [2.45, 2.75) is 13.0 Å². The second-order valence-corrected chi connectivity index (χ2v) is 4.43. The van der Waals surface area contributed by atoms with Crippen LogP contribution in [0.2, 0.25) is 0 Å². The summed E-state index contributed by atoms with van der Waals surface area (Å²) in [6.45, 7) is 1.02. The SMILES string of the molecule is Cn1nc(C(=O)N2CCc3oncc3C2)ccc1=O. The van der Waals surface area contributed by atoms with Crippen molar-refractivity contribution in [1.82, 2.24) is 19.8 Å². The number of hydrogen-bond donors (Lipinski definition) is 0. The molecule has 98 valence electrons. The summed E-state index contributed by atoms with van der Waals surface area (Å²) in [5.41, 5.74) is 0.947. The number of aromatic nitrogens is 3. The quantitative estimate of drug-likeness (QED) is 0.719. The lowest BCUT2D eigenvalue weighted by Gasteiger charge is -2.25. The first kappa shape index (κ1) is 11.6. The third kappa shape index (κ3) is 2.03. The fourth-order valence-corrected chi connectivity index (χ4v) is 2.09. The van der Waals surface area contributed by atoms with Gasteiger partial charge in [-0.15, -0.1) is 0 Å². The van der Waals surface area contributed by atoms with E-state index in [1.54, 1.807) is 11.1 Å². The molecule has 3 heterocycles. The summed E-state index contributed by atoms with van der Waals surface area (Å²) in [6, 6.07) is 2.79. The molecule has 0 radical (unpaired) electrons. The van der Waals surface area contributed by atoms with Crippen molar-refractivity contribution < 1.29 is 9.32 Å². The van der Waals surface area contributed by atoms with Gasteiger partial charge in [0.25, 0.3) is 11.5 Å². The van der Waals surface area contributed by atoms with Crippen LogP contribution in [0, 0.1) is 0 Å². The molecule has 19 heavy (non-hydrogen) atoms. The van der Waals surface area contributed by atoms with Crippen molar-refractivity contribution in [2.75, 3.05) is 6.54 Å². The Hall–Kier alpha value is -2.44. The highest BCUT2D eigenvalue weighted by Crippen LogP contribution is 2.19. The Kier molecular flexibility index (Phi) is 2.66. The van der Waals surface area contributed by atoms with Crippen LogP contribution in [0.1, 0.15) is 21.8 Å². The standard InChI is InChI=1S/C12H12N4O3/c1-15-11(17)3-2-9(14-15)12(18)16-5-4-10-8(7-16)6-13-19-10/h2-3,6H,4-5,7H2,1H3. The summed E-state index contributed by atoms with van der Waals surface area (Å²) in [5.74, 6) is 0.639. The van der Waals surface area contributed by atoms with Gasteiger partial charge in [-0.3, -0.25) is 9.59 Å². The topological polar surface area (TPSA) is 81.2 Å². The largest absolute Gasteiger partial charge is 0.361 e. The summed E-state index contributed by atoms with van der Waals surface area (Å²) < 4.78 is 6.23. The van der Waals surface area contributed by atoms with Crippen molar-refractivity contribution in [1.29, 1.82) is 0 Å². The van der Waals surface area contributed by atoms with Crippen LogP contribution in [0.5, 0.6) is 0 Å². The molecule has 2 aromatic heterocycles. The molecule has 7 heteroatoms. The van der Waals surface area contributed by atoms with Crippen LogP contribution in [0.15, 0.2) is 27.6 Å². The third-order valence-corrected chi connectivity index (χ3v) is 3.17. The zero-order chi connectivity index (χ0) is 13.4. The zero-order valence-electron chi connectivity index (χ0n) is 10.4. The zero-order valence-corrected chi connectivity index (χ0v) is 10.4. The van der Waals surface area contributed by atoms with Crippen LogP contribution in [0.4, 0.5) is 0 Å². The van der Waals surface area contributed by atoms with Gasteiger partial charge in [0, 0.05) is 31.6 Å². The number of amides is 1. The molecule has 0 N–H and O–H groups in total. The van der Waals surface area contributed by atoms with Crippen LogP contribution in [0.3, 0.4) is 0 Å². The lowest BCUT2D eigenvalue weighted by atomic mass is 10.1. The highest BCUT2D eigenvalue weighted by atomic mass is 16.5. The maximum atomic E-state index is 12.3. The minimum Gasteiger partial charge on any atom is -0.361 e. The summed E-state index contributed by atoms with van der Waals surface area (Å²) in [7, 11) is 1.52. The summed E-state index contributed by atoms with van der Waals surface area (Å²) in [6.07, 6.45) is 2.27. The minimum absolute atomic E-state index is 0.192. The van der Waals surface area contributed by atoms with Crippen molar-refractivity contribution in [3.8, 4) is 0 Å². The molecule has 0 unspecified atom stereocenters. The van der Waals surface area contributed by atoms with E-state index in [-0.39, 0.29) is 17.2 Å². The van der Waals surface area contributed by atoms with Gasteiger partial charge in [0.2, 0.25) is 0 Å². The Bertz CT molecular complexity index is 688. The maximum absolute atomic E-state index is 12.3. The number of aryl methyl sites for hydroxylation is 1. The van der Waals surface area contributed by atoms with Gasteiger partial charge in [0.05, 0.1) is 12.7 Å². The highest BCUT2D eigenvalue weighted by molar-refractivity contribution is 5.92. The van der Waals surface area contributed by atoms with E-state index < -0.39 is 0 Å². The van der Waals surface area contributed by atoms with Crippen molar-refractivity contribution in [3.63, 3.8) is 0 Å². The molecule has 0 saturated carbocycles. The molecule has 0 bridgehead atoms. The van der Waals surface area contributed by atoms with E-state index >= 15 is 0 Å². The molecule has 0 aromatic carbocycles. The fraction of sp³-hybridized carbons (Fsp3) is 0.333. The van der Waals surface area contributed by atoms with Crippen molar-refractivity contribution in [2.24, 2.45) is 7.05 Å². The van der Waals surface area contributed by atoms with E-state index in [0.717, 1.165) is 16.0 Å². The van der Waals surface area contributed by atoms with Gasteiger partial charge in [-0.1, -0.05) is 5.16 Å². The van der Waals surface area contributed by atoms with E-state index in [1.807, 2.05) is 0 Å². The first-order valence-electron chi connectivity index (χ1n) is 5.91. The Morgan fingerprint density at radius 3 is 3.05 bits per heavy atom. The van der Waals surface area contributed by atoms with Gasteiger partial charge < -0.3 is 9.42 Å². The lowest BCUT2D eigenvalue weighted by molar-refractivity contribution is 0.0720. The Morgan fingerprint density at radius 2 is 2.26 bits per heavy atom. The number of nitrogens with zero attached hydrogens (tertiary/aromatic N) is 4. The van der Waals surface area contributed by atoms with E-state index in [1.165, 1.54) is 19.2 Å². The van der Waals surface area contributed by atoms with Gasteiger partial charge in [-0.2, -0.15) is 5.10 Å². The molecule has 1 aliphatic heterocycles. The first-order valence-corrected chi connectivity index (χ1v) is 5.91. The van der Waals surface area contributed by atoms with Gasteiger partial charge in [0.1, 0.15) is 11.5 Å². The number of rotatable bonds is 1. The molecule has 3 rings (SSSR count).